The highest BCUT2D eigenvalue weighted by Gasteiger charge is 2.35. The standard InChI is InChI=1S/C12H22O3/c1-4-7-13-8-12(6-3)9-14-11(5-2)15-10-12/h4,7,11H,5-6,8-10H2,1-3H3/b7-4+. The first-order chi connectivity index (χ1) is 7.26. The minimum absolute atomic E-state index is 0.0219. The third kappa shape index (κ3) is 3.50. The van der Waals surface area contributed by atoms with Crippen LogP contribution in [0, 0.1) is 5.41 Å². The fourth-order valence-corrected chi connectivity index (χ4v) is 1.58. The van der Waals surface area contributed by atoms with Crippen LogP contribution < -0.4 is 0 Å². The van der Waals surface area contributed by atoms with Gasteiger partial charge in [-0.2, -0.15) is 0 Å². The van der Waals surface area contributed by atoms with E-state index in [-0.39, 0.29) is 11.7 Å². The van der Waals surface area contributed by atoms with Gasteiger partial charge in [-0.15, -0.1) is 0 Å². The smallest absolute Gasteiger partial charge is 0.157 e. The normalized spacial score (nSPS) is 32.1. The maximum atomic E-state index is 5.64. The lowest BCUT2D eigenvalue weighted by Gasteiger charge is -2.38. The lowest BCUT2D eigenvalue weighted by atomic mass is 9.87. The summed E-state index contributed by atoms with van der Waals surface area (Å²) in [5.41, 5.74) is 0.0329. The van der Waals surface area contributed by atoms with E-state index in [2.05, 4.69) is 13.8 Å². The summed E-state index contributed by atoms with van der Waals surface area (Å²) in [5.74, 6) is 0. The van der Waals surface area contributed by atoms with Gasteiger partial charge >= 0.3 is 0 Å². The summed E-state index contributed by atoms with van der Waals surface area (Å²) in [6.45, 7) is 8.31. The molecule has 1 rings (SSSR count). The molecule has 0 amide bonds. The number of allylic oxidation sites excluding steroid dienone is 1. The van der Waals surface area contributed by atoms with Gasteiger partial charge in [0.2, 0.25) is 0 Å². The molecular weight excluding hydrogens is 192 g/mol. The Labute approximate surface area is 92.4 Å². The average molecular weight is 214 g/mol. The predicted molar refractivity (Wildman–Crippen MR) is 59.5 cm³/mol. The number of hydrogen-bond acceptors (Lipinski definition) is 3. The molecule has 1 saturated heterocycles. The molecule has 0 aliphatic carbocycles. The van der Waals surface area contributed by atoms with Gasteiger partial charge in [0, 0.05) is 0 Å². The maximum Gasteiger partial charge on any atom is 0.157 e. The first-order valence-corrected chi connectivity index (χ1v) is 5.72. The van der Waals surface area contributed by atoms with Gasteiger partial charge in [-0.25, -0.2) is 0 Å². The Balaban J connectivity index is 2.41. The van der Waals surface area contributed by atoms with Gasteiger partial charge in [-0.3, -0.25) is 0 Å². The molecule has 15 heavy (non-hydrogen) atoms. The first-order valence-electron chi connectivity index (χ1n) is 5.72. The van der Waals surface area contributed by atoms with Crippen molar-refractivity contribution in [2.45, 2.75) is 39.9 Å². The van der Waals surface area contributed by atoms with Gasteiger partial charge in [0.05, 0.1) is 31.5 Å². The zero-order valence-corrected chi connectivity index (χ0v) is 9.99. The Morgan fingerprint density at radius 3 is 2.47 bits per heavy atom. The van der Waals surface area contributed by atoms with Gasteiger partial charge in [0.1, 0.15) is 0 Å². The molecule has 0 saturated carbocycles. The second-order valence-corrected chi connectivity index (χ2v) is 4.09. The Morgan fingerprint density at radius 1 is 1.33 bits per heavy atom. The lowest BCUT2D eigenvalue weighted by molar-refractivity contribution is -0.237. The Kier molecular flexibility index (Phi) is 5.12. The van der Waals surface area contributed by atoms with Crippen molar-refractivity contribution in [1.29, 1.82) is 0 Å². The topological polar surface area (TPSA) is 27.7 Å². The fourth-order valence-electron chi connectivity index (χ4n) is 1.58. The zero-order valence-electron chi connectivity index (χ0n) is 9.99. The Hall–Kier alpha value is -0.540. The quantitative estimate of drug-likeness (QED) is 0.659. The highest BCUT2D eigenvalue weighted by atomic mass is 16.7. The van der Waals surface area contributed by atoms with Crippen LogP contribution in [0.3, 0.4) is 0 Å². The van der Waals surface area contributed by atoms with E-state index in [1.54, 1.807) is 6.26 Å². The summed E-state index contributed by atoms with van der Waals surface area (Å²) in [6, 6.07) is 0. The van der Waals surface area contributed by atoms with Gasteiger partial charge in [-0.05, 0) is 19.8 Å². The first kappa shape index (κ1) is 12.5. The van der Waals surface area contributed by atoms with E-state index in [9.17, 15) is 0 Å². The average Bonchev–Trinajstić information content (AvgIpc) is 2.30. The summed E-state index contributed by atoms with van der Waals surface area (Å²) < 4.78 is 16.7. The van der Waals surface area contributed by atoms with Crippen LogP contribution in [0.25, 0.3) is 0 Å². The van der Waals surface area contributed by atoms with Crippen LogP contribution in [0.15, 0.2) is 12.3 Å². The minimum Gasteiger partial charge on any atom is -0.501 e. The van der Waals surface area contributed by atoms with Gasteiger partial charge in [0.25, 0.3) is 0 Å². The van der Waals surface area contributed by atoms with Crippen molar-refractivity contribution in [2.24, 2.45) is 5.41 Å². The van der Waals surface area contributed by atoms with E-state index < -0.39 is 0 Å². The number of rotatable bonds is 5. The van der Waals surface area contributed by atoms with Crippen LogP contribution >= 0.6 is 0 Å². The molecule has 0 radical (unpaired) electrons. The lowest BCUT2D eigenvalue weighted by Crippen LogP contribution is -2.44. The van der Waals surface area contributed by atoms with E-state index in [0.717, 1.165) is 26.1 Å². The third-order valence-corrected chi connectivity index (χ3v) is 2.86. The fraction of sp³-hybridized carbons (Fsp3) is 0.833. The summed E-state index contributed by atoms with van der Waals surface area (Å²) in [4.78, 5) is 0. The van der Waals surface area contributed by atoms with Crippen molar-refractivity contribution < 1.29 is 14.2 Å². The molecule has 0 aromatic carbocycles. The van der Waals surface area contributed by atoms with Crippen molar-refractivity contribution in [3.63, 3.8) is 0 Å². The molecule has 0 N–H and O–H groups in total. The van der Waals surface area contributed by atoms with Crippen LogP contribution in [0.1, 0.15) is 33.6 Å². The third-order valence-electron chi connectivity index (χ3n) is 2.86. The van der Waals surface area contributed by atoms with E-state index in [4.69, 9.17) is 14.2 Å². The van der Waals surface area contributed by atoms with Gasteiger partial charge < -0.3 is 14.2 Å². The molecular formula is C12H22O3. The van der Waals surface area contributed by atoms with Gasteiger partial charge in [0.15, 0.2) is 6.29 Å². The summed E-state index contributed by atoms with van der Waals surface area (Å²) in [5, 5.41) is 0. The molecule has 3 heteroatoms. The molecule has 0 aromatic rings. The Morgan fingerprint density at radius 2 is 2.00 bits per heavy atom. The Bertz CT molecular complexity index is 193. The number of hydrogen-bond donors (Lipinski definition) is 0. The zero-order chi connectivity index (χ0) is 11.1. The van der Waals surface area contributed by atoms with E-state index in [1.165, 1.54) is 0 Å². The second-order valence-electron chi connectivity index (χ2n) is 4.09. The van der Waals surface area contributed by atoms with Crippen LogP contribution in [-0.4, -0.2) is 26.1 Å². The molecule has 0 bridgehead atoms. The molecule has 0 spiro atoms. The van der Waals surface area contributed by atoms with Crippen LogP contribution in [0.2, 0.25) is 0 Å². The highest BCUT2D eigenvalue weighted by Crippen LogP contribution is 2.29. The largest absolute Gasteiger partial charge is 0.501 e. The van der Waals surface area contributed by atoms with Crippen molar-refractivity contribution in [3.05, 3.63) is 12.3 Å². The molecule has 0 aromatic heterocycles. The summed E-state index contributed by atoms with van der Waals surface area (Å²) >= 11 is 0. The van der Waals surface area contributed by atoms with E-state index in [0.29, 0.717) is 6.61 Å². The predicted octanol–water partition coefficient (Wildman–Crippen LogP) is 2.72. The minimum atomic E-state index is -0.0219. The summed E-state index contributed by atoms with van der Waals surface area (Å²) in [6.07, 6.45) is 5.52. The van der Waals surface area contributed by atoms with Gasteiger partial charge in [-0.1, -0.05) is 19.9 Å². The highest BCUT2D eigenvalue weighted by molar-refractivity contribution is 4.81. The van der Waals surface area contributed by atoms with Crippen molar-refractivity contribution in [1.82, 2.24) is 0 Å². The molecule has 1 heterocycles. The molecule has 0 unspecified atom stereocenters. The summed E-state index contributed by atoms with van der Waals surface area (Å²) in [7, 11) is 0. The number of ether oxygens (including phenoxy) is 3. The van der Waals surface area contributed by atoms with Crippen molar-refractivity contribution in [2.75, 3.05) is 19.8 Å². The monoisotopic (exact) mass is 214 g/mol. The SMILES string of the molecule is C/C=C/OCC1(CC)COC(CC)OC1. The van der Waals surface area contributed by atoms with Crippen LogP contribution in [0.5, 0.6) is 0 Å². The second kappa shape index (κ2) is 6.13. The van der Waals surface area contributed by atoms with Crippen LogP contribution in [-0.2, 0) is 14.2 Å². The van der Waals surface area contributed by atoms with Crippen molar-refractivity contribution >= 4 is 0 Å². The van der Waals surface area contributed by atoms with E-state index in [1.807, 2.05) is 13.0 Å². The molecule has 1 fully saturated rings. The van der Waals surface area contributed by atoms with Crippen LogP contribution in [0.4, 0.5) is 0 Å². The molecule has 3 nitrogen and oxygen atoms in total. The molecule has 1 aliphatic rings. The molecule has 0 atom stereocenters. The van der Waals surface area contributed by atoms with Crippen molar-refractivity contribution in [3.8, 4) is 0 Å². The maximum absolute atomic E-state index is 5.64. The molecule has 88 valence electrons. The van der Waals surface area contributed by atoms with E-state index >= 15 is 0 Å². The molecule has 1 aliphatic heterocycles.